The van der Waals surface area contributed by atoms with Crippen LogP contribution in [0.2, 0.25) is 0 Å². The fourth-order valence-corrected chi connectivity index (χ4v) is 0.850. The minimum atomic E-state index is -0.790. The summed E-state index contributed by atoms with van der Waals surface area (Å²) in [6, 6.07) is 2.00. The third kappa shape index (κ3) is 6.44. The Labute approximate surface area is 85.2 Å². The van der Waals surface area contributed by atoms with Crippen LogP contribution in [0.3, 0.4) is 0 Å². The molecule has 0 rings (SSSR count). The smallest absolute Gasteiger partial charge is 0.223 e. The number of carbonyl (C=O) groups is 1. The summed E-state index contributed by atoms with van der Waals surface area (Å²) in [6.07, 6.45) is 1.26. The Balaban J connectivity index is 3.62. The SMILES string of the molecule is CCCOCCC(=O)NC(C)(C)C#N. The van der Waals surface area contributed by atoms with Gasteiger partial charge in [0.2, 0.25) is 5.91 Å². The molecular formula is C10H18N2O2. The summed E-state index contributed by atoms with van der Waals surface area (Å²) in [7, 11) is 0. The van der Waals surface area contributed by atoms with Crippen molar-refractivity contribution in [3.05, 3.63) is 0 Å². The second kappa shape index (κ2) is 6.39. The fourth-order valence-electron chi connectivity index (χ4n) is 0.850. The van der Waals surface area contributed by atoms with Crippen molar-refractivity contribution in [2.24, 2.45) is 0 Å². The van der Waals surface area contributed by atoms with Gasteiger partial charge in [0.25, 0.3) is 0 Å². The van der Waals surface area contributed by atoms with Crippen LogP contribution in [0.5, 0.6) is 0 Å². The molecule has 0 heterocycles. The van der Waals surface area contributed by atoms with E-state index >= 15 is 0 Å². The molecule has 80 valence electrons. The zero-order valence-corrected chi connectivity index (χ0v) is 9.09. The van der Waals surface area contributed by atoms with Crippen molar-refractivity contribution in [1.82, 2.24) is 5.32 Å². The van der Waals surface area contributed by atoms with Crippen LogP contribution in [0.1, 0.15) is 33.6 Å². The maximum Gasteiger partial charge on any atom is 0.223 e. The molecule has 0 aromatic heterocycles. The van der Waals surface area contributed by atoms with E-state index in [1.165, 1.54) is 0 Å². The molecule has 0 unspecified atom stereocenters. The number of hydrogen-bond acceptors (Lipinski definition) is 3. The average molecular weight is 198 g/mol. The molecule has 4 nitrogen and oxygen atoms in total. The van der Waals surface area contributed by atoms with E-state index in [4.69, 9.17) is 10.00 Å². The molecule has 0 aliphatic heterocycles. The maximum atomic E-state index is 11.2. The highest BCUT2D eigenvalue weighted by Gasteiger charge is 2.18. The zero-order chi connectivity index (χ0) is 11.0. The Morgan fingerprint density at radius 3 is 2.64 bits per heavy atom. The van der Waals surface area contributed by atoms with Crippen molar-refractivity contribution in [2.45, 2.75) is 39.2 Å². The van der Waals surface area contributed by atoms with Crippen LogP contribution in [0.25, 0.3) is 0 Å². The molecule has 0 aliphatic carbocycles. The molecule has 0 spiro atoms. The average Bonchev–Trinajstić information content (AvgIpc) is 2.12. The first kappa shape index (κ1) is 12.9. The van der Waals surface area contributed by atoms with Crippen molar-refractivity contribution < 1.29 is 9.53 Å². The summed E-state index contributed by atoms with van der Waals surface area (Å²) >= 11 is 0. The van der Waals surface area contributed by atoms with E-state index in [1.54, 1.807) is 13.8 Å². The number of rotatable bonds is 6. The van der Waals surface area contributed by atoms with Gasteiger partial charge in [0.15, 0.2) is 0 Å². The molecule has 0 aromatic rings. The molecule has 0 atom stereocenters. The molecule has 0 radical (unpaired) electrons. The highest BCUT2D eigenvalue weighted by atomic mass is 16.5. The molecule has 0 saturated carbocycles. The molecule has 0 saturated heterocycles. The lowest BCUT2D eigenvalue weighted by atomic mass is 10.1. The minimum absolute atomic E-state index is 0.146. The van der Waals surface area contributed by atoms with Crippen LogP contribution in [-0.4, -0.2) is 24.7 Å². The summed E-state index contributed by atoms with van der Waals surface area (Å²) in [5.74, 6) is -0.146. The molecular weight excluding hydrogens is 180 g/mol. The van der Waals surface area contributed by atoms with Gasteiger partial charge in [-0.3, -0.25) is 4.79 Å². The van der Waals surface area contributed by atoms with Crippen LogP contribution >= 0.6 is 0 Å². The van der Waals surface area contributed by atoms with Crippen LogP contribution in [-0.2, 0) is 9.53 Å². The molecule has 4 heteroatoms. The maximum absolute atomic E-state index is 11.2. The lowest BCUT2D eigenvalue weighted by molar-refractivity contribution is -0.123. The van der Waals surface area contributed by atoms with E-state index in [9.17, 15) is 4.79 Å². The summed E-state index contributed by atoms with van der Waals surface area (Å²) in [5, 5.41) is 11.3. The largest absolute Gasteiger partial charge is 0.381 e. The van der Waals surface area contributed by atoms with Gasteiger partial charge in [-0.15, -0.1) is 0 Å². The number of amides is 1. The lowest BCUT2D eigenvalue weighted by Gasteiger charge is -2.17. The quantitative estimate of drug-likeness (QED) is 0.653. The predicted octanol–water partition coefficient (Wildman–Crippen LogP) is 1.22. The highest BCUT2D eigenvalue weighted by Crippen LogP contribution is 1.99. The Kier molecular flexibility index (Phi) is 5.89. The Hall–Kier alpha value is -1.08. The number of carbonyl (C=O) groups excluding carboxylic acids is 1. The van der Waals surface area contributed by atoms with Crippen LogP contribution in [0, 0.1) is 11.3 Å². The van der Waals surface area contributed by atoms with Crippen LogP contribution in [0.4, 0.5) is 0 Å². The van der Waals surface area contributed by atoms with Gasteiger partial charge in [-0.2, -0.15) is 5.26 Å². The Morgan fingerprint density at radius 2 is 2.14 bits per heavy atom. The van der Waals surface area contributed by atoms with Crippen molar-refractivity contribution in [1.29, 1.82) is 5.26 Å². The number of ether oxygens (including phenoxy) is 1. The number of nitrogens with one attached hydrogen (secondary N) is 1. The van der Waals surface area contributed by atoms with Gasteiger partial charge in [0, 0.05) is 6.61 Å². The summed E-state index contributed by atoms with van der Waals surface area (Å²) in [4.78, 5) is 11.2. The standard InChI is InChI=1S/C10H18N2O2/c1-4-6-14-7-5-9(13)12-10(2,3)8-11/h4-7H2,1-3H3,(H,12,13). The first-order chi connectivity index (χ1) is 6.52. The Morgan fingerprint density at radius 1 is 1.50 bits per heavy atom. The van der Waals surface area contributed by atoms with E-state index in [0.29, 0.717) is 19.6 Å². The van der Waals surface area contributed by atoms with Crippen LogP contribution in [0.15, 0.2) is 0 Å². The molecule has 14 heavy (non-hydrogen) atoms. The summed E-state index contributed by atoms with van der Waals surface area (Å²) in [5.41, 5.74) is -0.790. The number of nitrogens with zero attached hydrogens (tertiary/aromatic N) is 1. The molecule has 1 amide bonds. The second-order valence-corrected chi connectivity index (χ2v) is 3.65. The molecule has 0 aromatic carbocycles. The monoisotopic (exact) mass is 198 g/mol. The van der Waals surface area contributed by atoms with Gasteiger partial charge in [-0.1, -0.05) is 6.92 Å². The van der Waals surface area contributed by atoms with E-state index in [0.717, 1.165) is 6.42 Å². The normalized spacial score (nSPS) is 10.7. The zero-order valence-electron chi connectivity index (χ0n) is 9.09. The Bertz CT molecular complexity index is 219. The molecule has 1 N–H and O–H groups in total. The van der Waals surface area contributed by atoms with Crippen molar-refractivity contribution in [3.63, 3.8) is 0 Å². The molecule has 0 fully saturated rings. The fraction of sp³-hybridized carbons (Fsp3) is 0.800. The van der Waals surface area contributed by atoms with Gasteiger partial charge in [-0.25, -0.2) is 0 Å². The van der Waals surface area contributed by atoms with Crippen LogP contribution < -0.4 is 5.32 Å². The van der Waals surface area contributed by atoms with Crippen molar-refractivity contribution in [2.75, 3.05) is 13.2 Å². The van der Waals surface area contributed by atoms with Gasteiger partial charge < -0.3 is 10.1 Å². The first-order valence-electron chi connectivity index (χ1n) is 4.82. The van der Waals surface area contributed by atoms with Gasteiger partial charge in [-0.05, 0) is 20.3 Å². The third-order valence-electron chi connectivity index (χ3n) is 1.55. The predicted molar refractivity (Wildman–Crippen MR) is 53.6 cm³/mol. The van der Waals surface area contributed by atoms with E-state index < -0.39 is 5.54 Å². The summed E-state index contributed by atoms with van der Waals surface area (Å²) in [6.45, 7) is 6.44. The summed E-state index contributed by atoms with van der Waals surface area (Å²) < 4.78 is 5.16. The number of hydrogen-bond donors (Lipinski definition) is 1. The van der Waals surface area contributed by atoms with E-state index in [2.05, 4.69) is 5.32 Å². The second-order valence-electron chi connectivity index (χ2n) is 3.65. The molecule has 0 aliphatic rings. The van der Waals surface area contributed by atoms with Gasteiger partial charge >= 0.3 is 0 Å². The lowest BCUT2D eigenvalue weighted by Crippen LogP contribution is -2.42. The number of nitriles is 1. The molecule has 0 bridgehead atoms. The third-order valence-corrected chi connectivity index (χ3v) is 1.55. The van der Waals surface area contributed by atoms with Crippen molar-refractivity contribution in [3.8, 4) is 6.07 Å². The van der Waals surface area contributed by atoms with E-state index in [-0.39, 0.29) is 5.91 Å². The highest BCUT2D eigenvalue weighted by molar-refractivity contribution is 5.77. The van der Waals surface area contributed by atoms with E-state index in [1.807, 2.05) is 13.0 Å². The van der Waals surface area contributed by atoms with Gasteiger partial charge in [0.1, 0.15) is 5.54 Å². The topological polar surface area (TPSA) is 62.1 Å². The first-order valence-corrected chi connectivity index (χ1v) is 4.82. The minimum Gasteiger partial charge on any atom is -0.381 e. The van der Waals surface area contributed by atoms with Gasteiger partial charge in [0.05, 0.1) is 19.1 Å². The van der Waals surface area contributed by atoms with Crippen molar-refractivity contribution >= 4 is 5.91 Å².